The largest absolute Gasteiger partial charge is 0.418 e. The summed E-state index contributed by atoms with van der Waals surface area (Å²) in [4.78, 5) is 20.7. The molecule has 0 saturated heterocycles. The lowest BCUT2D eigenvalue weighted by atomic mass is 9.95. The van der Waals surface area contributed by atoms with Crippen LogP contribution in [0.2, 0.25) is 0 Å². The van der Waals surface area contributed by atoms with Crippen LogP contribution in [0.4, 0.5) is 17.6 Å². The fourth-order valence-corrected chi connectivity index (χ4v) is 3.03. The lowest BCUT2D eigenvalue weighted by Gasteiger charge is -2.18. The predicted octanol–water partition coefficient (Wildman–Crippen LogP) is 4.68. The van der Waals surface area contributed by atoms with Crippen molar-refractivity contribution in [1.29, 1.82) is 0 Å². The van der Waals surface area contributed by atoms with E-state index in [1.165, 1.54) is 36.8 Å². The molecule has 0 radical (unpaired) electrons. The molecule has 2 atom stereocenters. The van der Waals surface area contributed by atoms with E-state index in [0.29, 0.717) is 11.3 Å². The number of aliphatic hydroxyl groups excluding tert-OH is 1. The normalized spacial score (nSPS) is 13.5. The van der Waals surface area contributed by atoms with Gasteiger partial charge in [0.2, 0.25) is 0 Å². The van der Waals surface area contributed by atoms with Crippen LogP contribution >= 0.6 is 0 Å². The van der Waals surface area contributed by atoms with Gasteiger partial charge >= 0.3 is 6.18 Å². The summed E-state index contributed by atoms with van der Waals surface area (Å²) in [5.74, 6) is -1.36. The molecule has 3 aromatic rings. The molecule has 5 nitrogen and oxygen atoms in total. The number of amides is 1. The molecule has 0 bridgehead atoms. The Labute approximate surface area is 175 Å². The molecule has 1 aromatic heterocycles. The Hall–Kier alpha value is -3.33. The van der Waals surface area contributed by atoms with E-state index in [1.807, 2.05) is 0 Å². The second-order valence-electron chi connectivity index (χ2n) is 7.10. The first kappa shape index (κ1) is 22.4. The van der Waals surface area contributed by atoms with Crippen LogP contribution in [0.5, 0.6) is 0 Å². The van der Waals surface area contributed by atoms with Gasteiger partial charge in [-0.25, -0.2) is 4.39 Å². The molecular weight excluding hydrogens is 414 g/mol. The minimum absolute atomic E-state index is 0.0119. The maximum Gasteiger partial charge on any atom is 0.418 e. The lowest BCUT2D eigenvalue weighted by Crippen LogP contribution is -2.28. The fraction of sp³-hybridized carbons (Fsp3) is 0.227. The monoisotopic (exact) mass is 433 g/mol. The molecule has 0 saturated carbocycles. The number of alkyl halides is 3. The summed E-state index contributed by atoms with van der Waals surface area (Å²) in [5, 5.41) is 12.4. The molecule has 0 fully saturated rings. The number of hydrogen-bond acceptors (Lipinski definition) is 4. The maximum absolute atomic E-state index is 14.5. The molecule has 0 aliphatic carbocycles. The Bertz CT molecular complexity index is 1090. The zero-order valence-electron chi connectivity index (χ0n) is 16.6. The number of nitrogens with zero attached hydrogens (tertiary/aromatic N) is 2. The summed E-state index contributed by atoms with van der Waals surface area (Å²) in [6, 6.07) is 6.89. The Morgan fingerprint density at radius 2 is 1.87 bits per heavy atom. The van der Waals surface area contributed by atoms with Gasteiger partial charge in [0.15, 0.2) is 6.10 Å². The predicted molar refractivity (Wildman–Crippen MR) is 106 cm³/mol. The van der Waals surface area contributed by atoms with Gasteiger partial charge in [0, 0.05) is 23.5 Å². The molecule has 1 amide bonds. The van der Waals surface area contributed by atoms with Crippen LogP contribution in [0.3, 0.4) is 0 Å². The number of carbonyl (C=O) groups is 1. The number of carbonyl (C=O) groups excluding carboxylic acids is 1. The molecule has 0 aliphatic rings. The van der Waals surface area contributed by atoms with Crippen LogP contribution in [0.25, 0.3) is 11.1 Å². The highest BCUT2D eigenvalue weighted by molar-refractivity contribution is 5.96. The van der Waals surface area contributed by atoms with Crippen LogP contribution in [0.1, 0.15) is 46.2 Å². The molecular formula is C22H19F4N3O2. The van der Waals surface area contributed by atoms with E-state index in [0.717, 1.165) is 12.1 Å². The van der Waals surface area contributed by atoms with Gasteiger partial charge in [-0.15, -0.1) is 0 Å². The number of aryl methyl sites for hydroxylation is 1. The quantitative estimate of drug-likeness (QED) is 0.573. The number of aliphatic hydroxyl groups is 1. The van der Waals surface area contributed by atoms with E-state index in [9.17, 15) is 27.5 Å². The first-order valence-electron chi connectivity index (χ1n) is 9.29. The first-order chi connectivity index (χ1) is 14.6. The highest BCUT2D eigenvalue weighted by Gasteiger charge is 2.40. The summed E-state index contributed by atoms with van der Waals surface area (Å²) in [7, 11) is 0. The summed E-state index contributed by atoms with van der Waals surface area (Å²) in [6.07, 6.45) is -3.43. The third-order valence-corrected chi connectivity index (χ3v) is 4.65. The number of rotatable bonds is 5. The smallest absolute Gasteiger partial charge is 0.379 e. The second-order valence-corrected chi connectivity index (χ2v) is 7.10. The van der Waals surface area contributed by atoms with Crippen LogP contribution in [-0.4, -0.2) is 27.2 Å². The van der Waals surface area contributed by atoms with Crippen molar-refractivity contribution in [2.24, 2.45) is 0 Å². The number of aromatic nitrogens is 2. The fourth-order valence-electron chi connectivity index (χ4n) is 3.03. The van der Waals surface area contributed by atoms with Crippen molar-refractivity contribution >= 4 is 5.91 Å². The second kappa shape index (κ2) is 8.81. The van der Waals surface area contributed by atoms with Gasteiger partial charge in [0.05, 0.1) is 17.9 Å². The summed E-state index contributed by atoms with van der Waals surface area (Å²) in [6.45, 7) is 3.31. The van der Waals surface area contributed by atoms with Gasteiger partial charge < -0.3 is 10.4 Å². The molecule has 1 heterocycles. The van der Waals surface area contributed by atoms with E-state index in [4.69, 9.17) is 0 Å². The zero-order valence-corrected chi connectivity index (χ0v) is 16.6. The van der Waals surface area contributed by atoms with Gasteiger partial charge in [-0.1, -0.05) is 12.1 Å². The molecule has 31 heavy (non-hydrogen) atoms. The minimum Gasteiger partial charge on any atom is -0.379 e. The van der Waals surface area contributed by atoms with E-state index in [2.05, 4.69) is 15.3 Å². The van der Waals surface area contributed by atoms with Crippen molar-refractivity contribution in [1.82, 2.24) is 15.3 Å². The molecule has 0 spiro atoms. The van der Waals surface area contributed by atoms with E-state index < -0.39 is 35.6 Å². The maximum atomic E-state index is 14.5. The number of benzene rings is 2. The number of hydrogen-bond donors (Lipinski definition) is 2. The molecule has 1 unspecified atom stereocenters. The Morgan fingerprint density at radius 1 is 1.13 bits per heavy atom. The molecule has 2 aromatic carbocycles. The third-order valence-electron chi connectivity index (χ3n) is 4.65. The zero-order chi connectivity index (χ0) is 22.8. The van der Waals surface area contributed by atoms with Crippen LogP contribution in [0, 0.1) is 12.7 Å². The van der Waals surface area contributed by atoms with Crippen molar-refractivity contribution in [3.05, 3.63) is 83.2 Å². The van der Waals surface area contributed by atoms with Gasteiger partial charge in [-0.3, -0.25) is 14.8 Å². The highest BCUT2D eigenvalue weighted by atomic mass is 19.4. The van der Waals surface area contributed by atoms with Crippen molar-refractivity contribution in [2.45, 2.75) is 32.2 Å². The van der Waals surface area contributed by atoms with Crippen LogP contribution < -0.4 is 5.32 Å². The average Bonchev–Trinajstić information content (AvgIpc) is 2.72. The van der Waals surface area contributed by atoms with Crippen molar-refractivity contribution in [2.75, 3.05) is 0 Å². The summed E-state index contributed by atoms with van der Waals surface area (Å²) < 4.78 is 53.8. The third kappa shape index (κ3) is 5.24. The van der Waals surface area contributed by atoms with Gasteiger partial charge in [-0.05, 0) is 54.8 Å². The number of halogens is 4. The molecule has 3 rings (SSSR count). The molecule has 0 aliphatic heterocycles. The van der Waals surface area contributed by atoms with Gasteiger partial charge in [-0.2, -0.15) is 13.2 Å². The summed E-state index contributed by atoms with van der Waals surface area (Å²) in [5.41, 5.74) is 0.401. The van der Waals surface area contributed by atoms with Gasteiger partial charge in [0.1, 0.15) is 5.82 Å². The van der Waals surface area contributed by atoms with Crippen molar-refractivity contribution < 1.29 is 27.5 Å². The summed E-state index contributed by atoms with van der Waals surface area (Å²) >= 11 is 0. The van der Waals surface area contributed by atoms with E-state index >= 15 is 0 Å². The topological polar surface area (TPSA) is 75.1 Å². The lowest BCUT2D eigenvalue weighted by molar-refractivity contribution is -0.206. The SMILES string of the molecule is Cc1ccc(-c2cc(C(=O)N[C@H](C)c3cnccn3)cc(C(O)C(F)(F)F)c2)c(F)c1. The average molecular weight is 433 g/mol. The van der Waals surface area contributed by atoms with Crippen molar-refractivity contribution in [3.8, 4) is 11.1 Å². The number of nitrogens with one attached hydrogen (secondary N) is 1. The first-order valence-corrected chi connectivity index (χ1v) is 9.29. The van der Waals surface area contributed by atoms with Crippen LogP contribution in [0.15, 0.2) is 55.0 Å². The molecule has 162 valence electrons. The Balaban J connectivity index is 2.03. The Morgan fingerprint density at radius 3 is 2.48 bits per heavy atom. The van der Waals surface area contributed by atoms with Gasteiger partial charge in [0.25, 0.3) is 5.91 Å². The van der Waals surface area contributed by atoms with Crippen LogP contribution in [-0.2, 0) is 0 Å². The highest BCUT2D eigenvalue weighted by Crippen LogP contribution is 2.35. The minimum atomic E-state index is -4.95. The molecule has 9 heteroatoms. The Kier molecular flexibility index (Phi) is 6.35. The standard InChI is InChI=1S/C22H19F4N3O2/c1-12-3-4-17(18(23)7-12)14-8-15(20(30)22(24,25)26)10-16(9-14)21(31)29-13(2)19-11-27-5-6-28-19/h3-11,13,20,30H,1-2H3,(H,29,31)/t13-,20?/m1/s1. The van der Waals surface area contributed by atoms with E-state index in [1.54, 1.807) is 19.9 Å². The van der Waals surface area contributed by atoms with Crippen molar-refractivity contribution in [3.63, 3.8) is 0 Å². The van der Waals surface area contributed by atoms with E-state index in [-0.39, 0.29) is 16.7 Å². The molecule has 2 N–H and O–H groups in total.